The van der Waals surface area contributed by atoms with Crippen LogP contribution in [0.1, 0.15) is 0 Å². The van der Waals surface area contributed by atoms with E-state index < -0.39 is 0 Å². The van der Waals surface area contributed by atoms with Crippen LogP contribution >= 0.6 is 0 Å². The molecule has 0 fully saturated rings. The van der Waals surface area contributed by atoms with Gasteiger partial charge in [-0.05, 0) is 156 Å². The molecule has 0 radical (unpaired) electrons. The smallest absolute Gasteiger partial charge is 0.00987 e. The first kappa shape index (κ1) is 31.1. The van der Waals surface area contributed by atoms with Gasteiger partial charge >= 0.3 is 0 Å². The van der Waals surface area contributed by atoms with E-state index in [1.54, 1.807) is 0 Å². The largest absolute Gasteiger partial charge is 0.0616 e. The summed E-state index contributed by atoms with van der Waals surface area (Å²) in [6.07, 6.45) is 0. The van der Waals surface area contributed by atoms with Crippen molar-refractivity contribution >= 4 is 86.2 Å². The molecule has 0 aromatic heterocycles. The van der Waals surface area contributed by atoms with Crippen molar-refractivity contribution in [1.82, 2.24) is 0 Å². The molecule has 0 unspecified atom stereocenters. The Morgan fingerprint density at radius 2 is 0.429 bits per heavy atom. The number of benzene rings is 12. The first-order valence-electron chi connectivity index (χ1n) is 19.5. The van der Waals surface area contributed by atoms with E-state index in [1.165, 1.54) is 120 Å². The first-order valence-corrected chi connectivity index (χ1v) is 19.5. The second-order valence-electron chi connectivity index (χ2n) is 15.3. The van der Waals surface area contributed by atoms with Crippen molar-refractivity contribution in [3.63, 3.8) is 0 Å². The zero-order chi connectivity index (χ0) is 36.7. The maximum Gasteiger partial charge on any atom is -0.00987 e. The van der Waals surface area contributed by atoms with Crippen molar-refractivity contribution in [2.24, 2.45) is 0 Å². The average Bonchev–Trinajstić information content (AvgIpc) is 3.27. The minimum absolute atomic E-state index is 1.23. The van der Waals surface area contributed by atoms with Gasteiger partial charge in [0.05, 0.1) is 0 Å². The maximum absolute atomic E-state index is 2.39. The van der Waals surface area contributed by atoms with Crippen LogP contribution in [0.15, 0.2) is 206 Å². The highest BCUT2D eigenvalue weighted by atomic mass is 14.2. The highest BCUT2D eigenvalue weighted by Crippen LogP contribution is 2.38. The van der Waals surface area contributed by atoms with Crippen molar-refractivity contribution in [2.75, 3.05) is 0 Å². The highest BCUT2D eigenvalue weighted by Gasteiger charge is 2.11. The Kier molecular flexibility index (Phi) is 6.73. The zero-order valence-corrected chi connectivity index (χ0v) is 30.6. The standard InChI is InChI=1S/C56H34/c1-2-7-41-29-42(15-9-35(41)5-1)45-18-12-39-23-28-53-52(55(39)32-45)27-24-40-14-20-47(34-56(40)53)44-17-11-36-10-16-43(30-48(36)31-44)46-19-13-38-22-25-50-49-8-4-3-6-37(49)21-26-51(50)54(38)33-46/h1-34H. The summed E-state index contributed by atoms with van der Waals surface area (Å²) in [4.78, 5) is 0. The Morgan fingerprint density at radius 1 is 0.143 bits per heavy atom. The maximum atomic E-state index is 2.39. The molecule has 0 nitrogen and oxygen atoms in total. The van der Waals surface area contributed by atoms with Gasteiger partial charge in [-0.2, -0.15) is 0 Å². The van der Waals surface area contributed by atoms with Gasteiger partial charge in [0.1, 0.15) is 0 Å². The number of fused-ring (bicyclic) bond motifs is 12. The number of rotatable bonds is 3. The molecule has 0 saturated heterocycles. The molecular formula is C56H34. The molecule has 56 heavy (non-hydrogen) atoms. The van der Waals surface area contributed by atoms with Crippen LogP contribution in [-0.2, 0) is 0 Å². The molecule has 0 aliphatic carbocycles. The first-order chi connectivity index (χ1) is 27.7. The van der Waals surface area contributed by atoms with Gasteiger partial charge in [-0.25, -0.2) is 0 Å². The monoisotopic (exact) mass is 706 g/mol. The summed E-state index contributed by atoms with van der Waals surface area (Å²) < 4.78 is 0. The molecule has 0 aliphatic heterocycles. The molecule has 0 N–H and O–H groups in total. The number of hydrogen-bond donors (Lipinski definition) is 0. The fourth-order valence-corrected chi connectivity index (χ4v) is 9.20. The second-order valence-corrected chi connectivity index (χ2v) is 15.3. The van der Waals surface area contributed by atoms with Gasteiger partial charge in [0.25, 0.3) is 0 Å². The Bertz CT molecular complexity index is 3590. The second kappa shape index (κ2) is 12.1. The fraction of sp³-hybridized carbons (Fsp3) is 0. The SMILES string of the molecule is c1ccc2cc(-c3ccc4ccc5c6cc(-c7ccc8ccc(-c9ccc%10ccc%11c%12ccccc%12ccc%11c%10c9)cc8c7)ccc6ccc5c4c3)ccc2c1. The van der Waals surface area contributed by atoms with E-state index in [1.807, 2.05) is 0 Å². The zero-order valence-electron chi connectivity index (χ0n) is 30.6. The van der Waals surface area contributed by atoms with E-state index in [0.717, 1.165) is 0 Å². The topological polar surface area (TPSA) is 0 Å². The third-order valence-electron chi connectivity index (χ3n) is 12.2. The Hall–Kier alpha value is -7.28. The van der Waals surface area contributed by atoms with Crippen molar-refractivity contribution in [1.29, 1.82) is 0 Å². The van der Waals surface area contributed by atoms with Gasteiger partial charge in [-0.15, -0.1) is 0 Å². The van der Waals surface area contributed by atoms with Crippen molar-refractivity contribution < 1.29 is 0 Å². The highest BCUT2D eigenvalue weighted by molar-refractivity contribution is 6.19. The van der Waals surface area contributed by atoms with Crippen LogP contribution in [-0.4, -0.2) is 0 Å². The minimum Gasteiger partial charge on any atom is -0.0616 e. The van der Waals surface area contributed by atoms with Gasteiger partial charge in [0.15, 0.2) is 0 Å². The van der Waals surface area contributed by atoms with E-state index in [-0.39, 0.29) is 0 Å². The van der Waals surface area contributed by atoms with Crippen molar-refractivity contribution in [2.45, 2.75) is 0 Å². The molecule has 12 aromatic rings. The molecule has 0 saturated carbocycles. The molecule has 0 bridgehead atoms. The fourth-order valence-electron chi connectivity index (χ4n) is 9.20. The lowest BCUT2D eigenvalue weighted by atomic mass is 9.92. The lowest BCUT2D eigenvalue weighted by molar-refractivity contribution is 1.66. The summed E-state index contributed by atoms with van der Waals surface area (Å²) in [7, 11) is 0. The molecule has 0 amide bonds. The van der Waals surface area contributed by atoms with Gasteiger partial charge < -0.3 is 0 Å². The van der Waals surface area contributed by atoms with Crippen LogP contribution in [0.5, 0.6) is 0 Å². The quantitative estimate of drug-likeness (QED) is 0.160. The predicted octanol–water partition coefficient (Wildman–Crippen LogP) is 15.9. The molecule has 0 atom stereocenters. The lowest BCUT2D eigenvalue weighted by Gasteiger charge is -2.12. The average molecular weight is 707 g/mol. The molecule has 0 heteroatoms. The van der Waals surface area contributed by atoms with Crippen molar-refractivity contribution in [3.05, 3.63) is 206 Å². The van der Waals surface area contributed by atoms with E-state index in [9.17, 15) is 0 Å². The van der Waals surface area contributed by atoms with Gasteiger partial charge in [0, 0.05) is 0 Å². The van der Waals surface area contributed by atoms with Crippen LogP contribution in [0.2, 0.25) is 0 Å². The van der Waals surface area contributed by atoms with Crippen LogP contribution in [0.3, 0.4) is 0 Å². The van der Waals surface area contributed by atoms with Gasteiger partial charge in [0.2, 0.25) is 0 Å². The van der Waals surface area contributed by atoms with Gasteiger partial charge in [-0.1, -0.05) is 170 Å². The minimum atomic E-state index is 1.23. The third kappa shape index (κ3) is 4.93. The molecular weight excluding hydrogens is 673 g/mol. The van der Waals surface area contributed by atoms with Crippen LogP contribution in [0.25, 0.3) is 120 Å². The lowest BCUT2D eigenvalue weighted by Crippen LogP contribution is -1.86. The van der Waals surface area contributed by atoms with E-state index in [2.05, 4.69) is 206 Å². The normalized spacial score (nSPS) is 11.9. The van der Waals surface area contributed by atoms with Crippen LogP contribution in [0, 0.1) is 0 Å². The predicted molar refractivity (Wildman–Crippen MR) is 243 cm³/mol. The van der Waals surface area contributed by atoms with Gasteiger partial charge in [-0.3, -0.25) is 0 Å². The summed E-state index contributed by atoms with van der Waals surface area (Å²) in [5.41, 5.74) is 7.40. The Labute approximate surface area is 324 Å². The summed E-state index contributed by atoms with van der Waals surface area (Å²) in [6.45, 7) is 0. The van der Waals surface area contributed by atoms with E-state index >= 15 is 0 Å². The summed E-state index contributed by atoms with van der Waals surface area (Å²) in [5, 5.41) is 20.4. The molecule has 0 spiro atoms. The van der Waals surface area contributed by atoms with Crippen LogP contribution in [0.4, 0.5) is 0 Å². The molecule has 12 rings (SSSR count). The summed E-state index contributed by atoms with van der Waals surface area (Å²) in [6, 6.07) is 76.8. The molecule has 258 valence electrons. The number of hydrogen-bond acceptors (Lipinski definition) is 0. The van der Waals surface area contributed by atoms with E-state index in [4.69, 9.17) is 0 Å². The van der Waals surface area contributed by atoms with Crippen LogP contribution < -0.4 is 0 Å². The van der Waals surface area contributed by atoms with Crippen molar-refractivity contribution in [3.8, 4) is 33.4 Å². The molecule has 12 aromatic carbocycles. The molecule has 0 aliphatic rings. The third-order valence-corrected chi connectivity index (χ3v) is 12.2. The summed E-state index contributed by atoms with van der Waals surface area (Å²) >= 11 is 0. The summed E-state index contributed by atoms with van der Waals surface area (Å²) in [5.74, 6) is 0. The van der Waals surface area contributed by atoms with E-state index in [0.29, 0.717) is 0 Å². The Morgan fingerprint density at radius 3 is 0.893 bits per heavy atom. The Balaban J connectivity index is 0.948. The molecule has 0 heterocycles.